The van der Waals surface area contributed by atoms with Crippen LogP contribution in [0.25, 0.3) is 0 Å². The zero-order valence-electron chi connectivity index (χ0n) is 6.97. The molecule has 0 bridgehead atoms. The van der Waals surface area contributed by atoms with Gasteiger partial charge in [-0.2, -0.15) is 0 Å². The van der Waals surface area contributed by atoms with Crippen molar-refractivity contribution in [1.29, 1.82) is 0 Å². The fourth-order valence-corrected chi connectivity index (χ4v) is 0.909. The van der Waals surface area contributed by atoms with Gasteiger partial charge in [0, 0.05) is 25.4 Å². The molecule has 0 aliphatic carbocycles. The Balaban J connectivity index is 2.76. The van der Waals surface area contributed by atoms with Gasteiger partial charge in [-0.25, -0.2) is 4.98 Å². The monoisotopic (exact) mass is 168 g/mol. The highest BCUT2D eigenvalue weighted by atomic mass is 16.3. The lowest BCUT2D eigenvalue weighted by Gasteiger charge is -2.08. The first-order valence-electron chi connectivity index (χ1n) is 3.85. The minimum absolute atomic E-state index is 0.0784. The summed E-state index contributed by atoms with van der Waals surface area (Å²) in [6.45, 7) is 2.48. The molecule has 0 radical (unpaired) electrons. The number of aromatic nitrogens is 2. The van der Waals surface area contributed by atoms with Crippen LogP contribution in [0.4, 0.5) is 0 Å². The summed E-state index contributed by atoms with van der Waals surface area (Å²) in [6, 6.07) is 1.41. The van der Waals surface area contributed by atoms with Crippen molar-refractivity contribution < 1.29 is 5.11 Å². The van der Waals surface area contributed by atoms with E-state index in [0.29, 0.717) is 6.54 Å². The highest BCUT2D eigenvalue weighted by molar-refractivity contribution is 4.82. The van der Waals surface area contributed by atoms with Gasteiger partial charge in [0.25, 0.3) is 5.56 Å². The van der Waals surface area contributed by atoms with Crippen LogP contribution in [0, 0.1) is 5.92 Å². The summed E-state index contributed by atoms with van der Waals surface area (Å²) in [4.78, 5) is 14.9. The van der Waals surface area contributed by atoms with Gasteiger partial charge in [-0.1, -0.05) is 6.92 Å². The van der Waals surface area contributed by atoms with E-state index in [1.807, 2.05) is 6.92 Å². The van der Waals surface area contributed by atoms with Gasteiger partial charge in [-0.3, -0.25) is 9.36 Å². The largest absolute Gasteiger partial charge is 0.396 e. The molecule has 0 saturated carbocycles. The van der Waals surface area contributed by atoms with Crippen LogP contribution in [0.15, 0.2) is 23.4 Å². The zero-order valence-corrected chi connectivity index (χ0v) is 6.97. The van der Waals surface area contributed by atoms with Gasteiger partial charge in [0.2, 0.25) is 0 Å². The van der Waals surface area contributed by atoms with E-state index in [0.717, 1.165) is 0 Å². The maximum Gasteiger partial charge on any atom is 0.253 e. The van der Waals surface area contributed by atoms with Gasteiger partial charge >= 0.3 is 0 Å². The maximum atomic E-state index is 11.1. The molecule has 1 atom stereocenters. The van der Waals surface area contributed by atoms with Crippen molar-refractivity contribution >= 4 is 0 Å². The second kappa shape index (κ2) is 4.01. The lowest BCUT2D eigenvalue weighted by molar-refractivity contribution is 0.221. The molecule has 1 aromatic rings. The Hall–Kier alpha value is -1.16. The van der Waals surface area contributed by atoms with Crippen LogP contribution in [-0.2, 0) is 6.54 Å². The summed E-state index contributed by atoms with van der Waals surface area (Å²) in [7, 11) is 0. The number of nitrogens with zero attached hydrogens (tertiary/aromatic N) is 2. The van der Waals surface area contributed by atoms with Crippen LogP contribution in [0.1, 0.15) is 6.92 Å². The van der Waals surface area contributed by atoms with Gasteiger partial charge in [-0.15, -0.1) is 0 Å². The van der Waals surface area contributed by atoms with Gasteiger partial charge in [0.1, 0.15) is 0 Å². The first kappa shape index (κ1) is 8.93. The highest BCUT2D eigenvalue weighted by Gasteiger charge is 2.01. The zero-order chi connectivity index (χ0) is 8.97. The summed E-state index contributed by atoms with van der Waals surface area (Å²) in [5.41, 5.74) is -0.0784. The minimum atomic E-state index is -0.0784. The van der Waals surface area contributed by atoms with Crippen molar-refractivity contribution in [1.82, 2.24) is 9.55 Å². The summed E-state index contributed by atoms with van der Waals surface area (Å²) in [5.74, 6) is 0.0897. The van der Waals surface area contributed by atoms with E-state index < -0.39 is 0 Å². The number of aliphatic hydroxyl groups excluding tert-OH is 1. The molecule has 1 unspecified atom stereocenters. The lowest BCUT2D eigenvalue weighted by Crippen LogP contribution is -2.23. The van der Waals surface area contributed by atoms with E-state index in [1.165, 1.54) is 23.2 Å². The van der Waals surface area contributed by atoms with Crippen molar-refractivity contribution in [3.8, 4) is 0 Å². The number of hydrogen-bond donors (Lipinski definition) is 1. The Morgan fingerprint density at radius 2 is 2.50 bits per heavy atom. The second-order valence-corrected chi connectivity index (χ2v) is 2.86. The molecule has 4 heteroatoms. The number of aliphatic hydroxyl groups is 1. The Bertz CT molecular complexity index is 295. The average molecular weight is 168 g/mol. The molecule has 0 aliphatic rings. The van der Waals surface area contributed by atoms with Crippen molar-refractivity contribution in [2.45, 2.75) is 13.5 Å². The van der Waals surface area contributed by atoms with E-state index in [9.17, 15) is 4.79 Å². The van der Waals surface area contributed by atoms with Crippen molar-refractivity contribution in [2.24, 2.45) is 5.92 Å². The van der Waals surface area contributed by atoms with Crippen molar-refractivity contribution in [3.05, 3.63) is 28.9 Å². The Morgan fingerprint density at radius 3 is 3.08 bits per heavy atom. The van der Waals surface area contributed by atoms with Gasteiger partial charge < -0.3 is 5.11 Å². The van der Waals surface area contributed by atoms with E-state index in [2.05, 4.69) is 4.98 Å². The summed E-state index contributed by atoms with van der Waals surface area (Å²) in [6.07, 6.45) is 2.94. The normalized spacial score (nSPS) is 12.8. The molecule has 1 N–H and O–H groups in total. The number of rotatable bonds is 3. The SMILES string of the molecule is CC(CO)Cn1cnccc1=O. The summed E-state index contributed by atoms with van der Waals surface area (Å²) < 4.78 is 1.49. The molecular weight excluding hydrogens is 156 g/mol. The third-order valence-electron chi connectivity index (χ3n) is 1.61. The standard InChI is InChI=1S/C8H12N2O2/c1-7(5-11)4-10-6-9-3-2-8(10)12/h2-3,6-7,11H,4-5H2,1H3. The van der Waals surface area contributed by atoms with Crippen molar-refractivity contribution in [3.63, 3.8) is 0 Å². The smallest absolute Gasteiger partial charge is 0.253 e. The lowest BCUT2D eigenvalue weighted by atomic mass is 10.2. The predicted molar refractivity (Wildman–Crippen MR) is 44.7 cm³/mol. The molecule has 0 amide bonds. The summed E-state index contributed by atoms with van der Waals surface area (Å²) >= 11 is 0. The van der Waals surface area contributed by atoms with Crippen molar-refractivity contribution in [2.75, 3.05) is 6.61 Å². The van der Waals surface area contributed by atoms with E-state index in [4.69, 9.17) is 5.11 Å². The Morgan fingerprint density at radius 1 is 1.75 bits per heavy atom. The fourth-order valence-electron chi connectivity index (χ4n) is 0.909. The van der Waals surface area contributed by atoms with Crippen LogP contribution < -0.4 is 5.56 Å². The molecule has 0 saturated heterocycles. The molecule has 0 aliphatic heterocycles. The molecule has 0 fully saturated rings. The topological polar surface area (TPSA) is 55.1 Å². The van der Waals surface area contributed by atoms with E-state index in [-0.39, 0.29) is 18.1 Å². The van der Waals surface area contributed by atoms with Crippen LogP contribution in [0.2, 0.25) is 0 Å². The van der Waals surface area contributed by atoms with E-state index in [1.54, 1.807) is 0 Å². The second-order valence-electron chi connectivity index (χ2n) is 2.86. The Kier molecular flexibility index (Phi) is 2.99. The minimum Gasteiger partial charge on any atom is -0.396 e. The predicted octanol–water partition coefficient (Wildman–Crippen LogP) is -0.128. The molecule has 12 heavy (non-hydrogen) atoms. The summed E-state index contributed by atoms with van der Waals surface area (Å²) in [5, 5.41) is 8.75. The van der Waals surface area contributed by atoms with E-state index >= 15 is 0 Å². The molecule has 1 heterocycles. The molecule has 66 valence electrons. The molecule has 0 spiro atoms. The van der Waals surface area contributed by atoms with Crippen LogP contribution >= 0.6 is 0 Å². The molecule has 0 aromatic carbocycles. The fraction of sp³-hybridized carbons (Fsp3) is 0.500. The molecular formula is C8H12N2O2. The molecule has 1 aromatic heterocycles. The highest BCUT2D eigenvalue weighted by Crippen LogP contribution is 1.94. The average Bonchev–Trinajstić information content (AvgIpc) is 2.09. The molecule has 4 nitrogen and oxygen atoms in total. The molecule has 1 rings (SSSR count). The van der Waals surface area contributed by atoms with Crippen LogP contribution in [0.5, 0.6) is 0 Å². The third kappa shape index (κ3) is 2.17. The van der Waals surface area contributed by atoms with Crippen LogP contribution in [-0.4, -0.2) is 21.3 Å². The Labute approximate surface area is 70.5 Å². The van der Waals surface area contributed by atoms with Gasteiger partial charge in [0.15, 0.2) is 0 Å². The first-order chi connectivity index (χ1) is 5.74. The third-order valence-corrected chi connectivity index (χ3v) is 1.61. The first-order valence-corrected chi connectivity index (χ1v) is 3.85. The van der Waals surface area contributed by atoms with Crippen LogP contribution in [0.3, 0.4) is 0 Å². The maximum absolute atomic E-state index is 11.1. The quantitative estimate of drug-likeness (QED) is 0.684. The number of hydrogen-bond acceptors (Lipinski definition) is 3. The van der Waals surface area contributed by atoms with Gasteiger partial charge in [-0.05, 0) is 5.92 Å². The van der Waals surface area contributed by atoms with Gasteiger partial charge in [0.05, 0.1) is 6.33 Å².